The van der Waals surface area contributed by atoms with Crippen LogP contribution < -0.4 is 10.1 Å². The molecule has 0 aliphatic carbocycles. The van der Waals surface area contributed by atoms with E-state index < -0.39 is 17.9 Å². The summed E-state index contributed by atoms with van der Waals surface area (Å²) < 4.78 is 10.2. The predicted molar refractivity (Wildman–Crippen MR) is 90.6 cm³/mol. The van der Waals surface area contributed by atoms with E-state index in [0.29, 0.717) is 13.2 Å². The first-order valence-electron chi connectivity index (χ1n) is 7.75. The number of pyridine rings is 1. The topological polar surface area (TPSA) is 97.8 Å². The molecule has 132 valence electrons. The standard InChI is InChI=1S/C18H20N2O5/c1-24-9-10-25-16-12-14(7-8-19-16)17(21)20-15(18(22)23)11-13-5-3-2-4-6-13/h2-8,12,15H,9-11H2,1H3,(H,20,21)(H,22,23). The van der Waals surface area contributed by atoms with Gasteiger partial charge in [0.2, 0.25) is 5.88 Å². The van der Waals surface area contributed by atoms with Gasteiger partial charge in [0, 0.05) is 31.4 Å². The Morgan fingerprint density at radius 3 is 2.64 bits per heavy atom. The normalized spacial score (nSPS) is 11.6. The number of aromatic nitrogens is 1. The van der Waals surface area contributed by atoms with Crippen LogP contribution in [0.4, 0.5) is 0 Å². The zero-order valence-corrected chi connectivity index (χ0v) is 13.8. The molecule has 0 spiro atoms. The zero-order chi connectivity index (χ0) is 18.1. The molecule has 0 fully saturated rings. The van der Waals surface area contributed by atoms with Crippen LogP contribution in [-0.4, -0.2) is 48.3 Å². The van der Waals surface area contributed by atoms with Gasteiger partial charge in [-0.15, -0.1) is 0 Å². The van der Waals surface area contributed by atoms with Crippen LogP contribution in [0, 0.1) is 0 Å². The number of rotatable bonds is 9. The molecule has 7 nitrogen and oxygen atoms in total. The molecule has 0 aliphatic rings. The number of methoxy groups -OCH3 is 1. The fourth-order valence-electron chi connectivity index (χ4n) is 2.15. The van der Waals surface area contributed by atoms with Crippen LogP contribution >= 0.6 is 0 Å². The molecule has 0 aliphatic heterocycles. The third kappa shape index (κ3) is 5.89. The molecule has 2 rings (SSSR count). The maximum atomic E-state index is 12.3. The number of carboxylic acid groups (broad SMARTS) is 1. The van der Waals surface area contributed by atoms with Crippen molar-refractivity contribution in [3.05, 3.63) is 59.8 Å². The number of hydrogen-bond donors (Lipinski definition) is 2. The van der Waals surface area contributed by atoms with Crippen LogP contribution in [0.15, 0.2) is 48.7 Å². The molecule has 1 unspecified atom stereocenters. The van der Waals surface area contributed by atoms with E-state index in [9.17, 15) is 14.7 Å². The lowest BCUT2D eigenvalue weighted by Gasteiger charge is -2.15. The van der Waals surface area contributed by atoms with Crippen molar-refractivity contribution >= 4 is 11.9 Å². The second-order valence-electron chi connectivity index (χ2n) is 5.28. The summed E-state index contributed by atoms with van der Waals surface area (Å²) in [5, 5.41) is 11.9. The van der Waals surface area contributed by atoms with Crippen LogP contribution in [-0.2, 0) is 16.0 Å². The molecule has 1 heterocycles. The predicted octanol–water partition coefficient (Wildman–Crippen LogP) is 1.53. The fourth-order valence-corrected chi connectivity index (χ4v) is 2.15. The quantitative estimate of drug-likeness (QED) is 0.670. The number of carbonyl (C=O) groups is 2. The summed E-state index contributed by atoms with van der Waals surface area (Å²) in [7, 11) is 1.55. The number of hydrogen-bond acceptors (Lipinski definition) is 5. The lowest BCUT2D eigenvalue weighted by Crippen LogP contribution is -2.42. The number of amides is 1. The van der Waals surface area contributed by atoms with Gasteiger partial charge in [-0.2, -0.15) is 0 Å². The Hall–Kier alpha value is -2.93. The number of carboxylic acids is 1. The lowest BCUT2D eigenvalue weighted by molar-refractivity contribution is -0.139. The number of carbonyl (C=O) groups excluding carboxylic acids is 1. The molecular weight excluding hydrogens is 324 g/mol. The minimum absolute atomic E-state index is 0.199. The Morgan fingerprint density at radius 2 is 1.96 bits per heavy atom. The molecule has 0 bridgehead atoms. The number of aliphatic carboxylic acids is 1. The molecule has 2 N–H and O–H groups in total. The van der Waals surface area contributed by atoms with Crippen molar-refractivity contribution in [2.45, 2.75) is 12.5 Å². The van der Waals surface area contributed by atoms with E-state index in [1.807, 2.05) is 30.3 Å². The Kier molecular flexibility index (Phi) is 6.91. The highest BCUT2D eigenvalue weighted by molar-refractivity contribution is 5.96. The second kappa shape index (κ2) is 9.39. The summed E-state index contributed by atoms with van der Waals surface area (Å²) in [6.45, 7) is 0.705. The minimum atomic E-state index is -1.09. The monoisotopic (exact) mass is 344 g/mol. The minimum Gasteiger partial charge on any atom is -0.480 e. The molecule has 0 saturated carbocycles. The fraction of sp³-hybridized carbons (Fsp3) is 0.278. The largest absolute Gasteiger partial charge is 0.480 e. The maximum Gasteiger partial charge on any atom is 0.326 e. The van der Waals surface area contributed by atoms with Crippen molar-refractivity contribution in [1.29, 1.82) is 0 Å². The van der Waals surface area contributed by atoms with Crippen molar-refractivity contribution in [3.8, 4) is 5.88 Å². The number of ether oxygens (including phenoxy) is 2. The molecule has 25 heavy (non-hydrogen) atoms. The van der Waals surface area contributed by atoms with E-state index in [0.717, 1.165) is 5.56 Å². The summed E-state index contributed by atoms with van der Waals surface area (Å²) in [5.41, 5.74) is 1.11. The number of nitrogens with one attached hydrogen (secondary N) is 1. The Labute approximate surface area is 145 Å². The summed E-state index contributed by atoms with van der Waals surface area (Å²) >= 11 is 0. The van der Waals surface area contributed by atoms with Gasteiger partial charge in [-0.25, -0.2) is 9.78 Å². The van der Waals surface area contributed by atoms with Crippen molar-refractivity contribution in [1.82, 2.24) is 10.3 Å². The molecule has 1 amide bonds. The van der Waals surface area contributed by atoms with Gasteiger partial charge in [-0.3, -0.25) is 4.79 Å². The molecule has 1 aromatic carbocycles. The Balaban J connectivity index is 2.03. The molecule has 2 aromatic rings. The SMILES string of the molecule is COCCOc1cc(C(=O)NC(Cc2ccccc2)C(=O)O)ccn1. The highest BCUT2D eigenvalue weighted by Crippen LogP contribution is 2.10. The van der Waals surface area contributed by atoms with Gasteiger partial charge in [0.05, 0.1) is 6.61 Å². The smallest absolute Gasteiger partial charge is 0.326 e. The summed E-state index contributed by atoms with van der Waals surface area (Å²) in [4.78, 5) is 27.8. The Morgan fingerprint density at radius 1 is 1.20 bits per heavy atom. The van der Waals surface area contributed by atoms with E-state index in [2.05, 4.69) is 10.3 Å². The van der Waals surface area contributed by atoms with Crippen molar-refractivity contribution in [2.24, 2.45) is 0 Å². The number of benzene rings is 1. The second-order valence-corrected chi connectivity index (χ2v) is 5.28. The van der Waals surface area contributed by atoms with Gasteiger partial charge >= 0.3 is 5.97 Å². The summed E-state index contributed by atoms with van der Waals surface area (Å²) in [6.07, 6.45) is 1.63. The average Bonchev–Trinajstić information content (AvgIpc) is 2.62. The first-order chi connectivity index (χ1) is 12.1. The molecule has 7 heteroatoms. The first-order valence-corrected chi connectivity index (χ1v) is 7.75. The third-order valence-electron chi connectivity index (χ3n) is 3.42. The zero-order valence-electron chi connectivity index (χ0n) is 13.8. The highest BCUT2D eigenvalue weighted by Gasteiger charge is 2.21. The van der Waals surface area contributed by atoms with E-state index in [1.54, 1.807) is 7.11 Å². The van der Waals surface area contributed by atoms with Gasteiger partial charge < -0.3 is 19.9 Å². The molecule has 0 saturated heterocycles. The molecule has 0 radical (unpaired) electrons. The van der Waals surface area contributed by atoms with Crippen molar-refractivity contribution < 1.29 is 24.2 Å². The van der Waals surface area contributed by atoms with E-state index in [4.69, 9.17) is 9.47 Å². The van der Waals surface area contributed by atoms with Gasteiger partial charge in [-0.1, -0.05) is 30.3 Å². The third-order valence-corrected chi connectivity index (χ3v) is 3.42. The summed E-state index contributed by atoms with van der Waals surface area (Å²) in [5.74, 6) is -1.32. The Bertz CT molecular complexity index is 706. The first kappa shape index (κ1) is 18.4. The van der Waals surface area contributed by atoms with Crippen molar-refractivity contribution in [3.63, 3.8) is 0 Å². The van der Waals surface area contributed by atoms with Crippen molar-refractivity contribution in [2.75, 3.05) is 20.3 Å². The van der Waals surface area contributed by atoms with E-state index in [-0.39, 0.29) is 17.9 Å². The average molecular weight is 344 g/mol. The van der Waals surface area contributed by atoms with E-state index >= 15 is 0 Å². The number of nitrogens with zero attached hydrogens (tertiary/aromatic N) is 1. The molecular formula is C18H20N2O5. The summed E-state index contributed by atoms with van der Waals surface area (Å²) in [6, 6.07) is 11.1. The van der Waals surface area contributed by atoms with Crippen LogP contribution in [0.3, 0.4) is 0 Å². The van der Waals surface area contributed by atoms with Gasteiger partial charge in [0.15, 0.2) is 0 Å². The molecule has 1 aromatic heterocycles. The molecule has 1 atom stereocenters. The lowest BCUT2D eigenvalue weighted by atomic mass is 10.1. The van der Waals surface area contributed by atoms with Crippen LogP contribution in [0.25, 0.3) is 0 Å². The van der Waals surface area contributed by atoms with Crippen LogP contribution in [0.1, 0.15) is 15.9 Å². The van der Waals surface area contributed by atoms with Gasteiger partial charge in [-0.05, 0) is 11.6 Å². The highest BCUT2D eigenvalue weighted by atomic mass is 16.5. The maximum absolute atomic E-state index is 12.3. The van der Waals surface area contributed by atoms with Gasteiger partial charge in [0.1, 0.15) is 12.6 Å². The van der Waals surface area contributed by atoms with Crippen LogP contribution in [0.5, 0.6) is 5.88 Å². The van der Waals surface area contributed by atoms with Gasteiger partial charge in [0.25, 0.3) is 5.91 Å². The van der Waals surface area contributed by atoms with Crippen LogP contribution in [0.2, 0.25) is 0 Å². The van der Waals surface area contributed by atoms with E-state index in [1.165, 1.54) is 18.3 Å².